The van der Waals surface area contributed by atoms with Crippen LogP contribution in [0.25, 0.3) is 0 Å². The number of thioether (sulfide) groups is 1. The lowest BCUT2D eigenvalue weighted by atomic mass is 9.82. The van der Waals surface area contributed by atoms with Gasteiger partial charge in [0.25, 0.3) is 6.47 Å². The van der Waals surface area contributed by atoms with E-state index < -0.39 is 0 Å². The van der Waals surface area contributed by atoms with Crippen molar-refractivity contribution in [3.63, 3.8) is 0 Å². The van der Waals surface area contributed by atoms with Gasteiger partial charge in [-0.2, -0.15) is 11.8 Å². The predicted octanol–water partition coefficient (Wildman–Crippen LogP) is 1.77. The second-order valence-corrected chi connectivity index (χ2v) is 8.64. The van der Waals surface area contributed by atoms with Gasteiger partial charge in [-0.3, -0.25) is 19.6 Å². The maximum atomic E-state index is 12.6. The van der Waals surface area contributed by atoms with Crippen LogP contribution in [0.3, 0.4) is 0 Å². The zero-order valence-electron chi connectivity index (χ0n) is 17.2. The fraction of sp³-hybridized carbons (Fsp3) is 0.700. The summed E-state index contributed by atoms with van der Waals surface area (Å²) in [4.78, 5) is 29.5. The monoisotopic (exact) mass is 424 g/mol. The lowest BCUT2D eigenvalue weighted by Crippen LogP contribution is -2.52. The fourth-order valence-corrected chi connectivity index (χ4v) is 4.94. The maximum Gasteiger partial charge on any atom is 0.290 e. The molecule has 1 aromatic heterocycles. The number of carbonyl (C=O) groups excluding carboxylic acids is 1. The Morgan fingerprint density at radius 1 is 1.28 bits per heavy atom. The molecule has 0 unspecified atom stereocenters. The second kappa shape index (κ2) is 12.8. The minimum absolute atomic E-state index is 0.0373. The highest BCUT2D eigenvalue weighted by Gasteiger charge is 2.35. The Balaban J connectivity index is 0.000000941. The number of methoxy groups -OCH3 is 1. The van der Waals surface area contributed by atoms with Crippen molar-refractivity contribution in [3.8, 4) is 0 Å². The highest BCUT2D eigenvalue weighted by atomic mass is 32.2. The summed E-state index contributed by atoms with van der Waals surface area (Å²) in [6.45, 7) is 2.09. The molecule has 0 bridgehead atoms. The van der Waals surface area contributed by atoms with Crippen LogP contribution in [0.2, 0.25) is 0 Å². The van der Waals surface area contributed by atoms with E-state index in [1.54, 1.807) is 19.5 Å². The van der Waals surface area contributed by atoms with Gasteiger partial charge in [0.15, 0.2) is 0 Å². The smallest absolute Gasteiger partial charge is 0.290 e. The van der Waals surface area contributed by atoms with Gasteiger partial charge in [0.2, 0.25) is 5.91 Å². The van der Waals surface area contributed by atoms with Crippen molar-refractivity contribution < 1.29 is 19.4 Å². The summed E-state index contributed by atoms with van der Waals surface area (Å²) in [6, 6.07) is 0.820. The Morgan fingerprint density at radius 2 is 2.00 bits per heavy atom. The van der Waals surface area contributed by atoms with E-state index in [4.69, 9.17) is 14.6 Å². The first-order valence-electron chi connectivity index (χ1n) is 10.1. The van der Waals surface area contributed by atoms with Crippen LogP contribution < -0.4 is 10.6 Å². The quantitative estimate of drug-likeness (QED) is 0.592. The van der Waals surface area contributed by atoms with Crippen molar-refractivity contribution in [2.45, 2.75) is 63.8 Å². The minimum atomic E-state index is -0.250. The lowest BCUT2D eigenvalue weighted by Gasteiger charge is -2.38. The number of hydrogen-bond donors (Lipinski definition) is 3. The Morgan fingerprint density at radius 3 is 2.62 bits per heavy atom. The molecule has 1 amide bonds. The average molecular weight is 425 g/mol. The standard InChI is InChI=1S/C19H30N4O2S.CH2O2/c1-13-10-21-16(11-20-13)12-22-19(24)14-3-4-18(25-2)17(9-14)23-15-5-7-26-8-6-15;2-1-3/h10-11,14-15,17-18,23H,3-9,12H2,1-2H3,(H,22,24);1H,(H,2,3)/t14-,17+,18+;/m0./s1. The SMILES string of the molecule is CO[C@@H]1CC[C@H](C(=O)NCc2cnc(C)cn2)C[C@H]1NC1CCSCC1.O=CO. The molecule has 1 aromatic rings. The molecule has 0 spiro atoms. The molecule has 1 aliphatic carbocycles. The summed E-state index contributed by atoms with van der Waals surface area (Å²) in [5.74, 6) is 2.61. The van der Waals surface area contributed by atoms with Crippen LogP contribution in [0.4, 0.5) is 0 Å². The van der Waals surface area contributed by atoms with Crippen molar-refractivity contribution in [3.05, 3.63) is 23.8 Å². The molecule has 0 aromatic carbocycles. The molecule has 162 valence electrons. The van der Waals surface area contributed by atoms with Gasteiger partial charge >= 0.3 is 0 Å². The van der Waals surface area contributed by atoms with Gasteiger partial charge in [-0.25, -0.2) is 0 Å². The molecule has 2 aliphatic rings. The van der Waals surface area contributed by atoms with Crippen LogP contribution >= 0.6 is 11.8 Å². The molecular weight excluding hydrogens is 392 g/mol. The predicted molar refractivity (Wildman–Crippen MR) is 113 cm³/mol. The van der Waals surface area contributed by atoms with Gasteiger partial charge in [-0.1, -0.05) is 0 Å². The van der Waals surface area contributed by atoms with Gasteiger partial charge in [-0.15, -0.1) is 0 Å². The Hall–Kier alpha value is -1.71. The molecule has 2 heterocycles. The van der Waals surface area contributed by atoms with Gasteiger partial charge in [0.05, 0.1) is 30.2 Å². The lowest BCUT2D eigenvalue weighted by molar-refractivity contribution is -0.127. The van der Waals surface area contributed by atoms with E-state index in [1.165, 1.54) is 24.3 Å². The van der Waals surface area contributed by atoms with Crippen LogP contribution in [0, 0.1) is 12.8 Å². The second-order valence-electron chi connectivity index (χ2n) is 7.42. The Bertz CT molecular complexity index is 625. The number of amides is 1. The van der Waals surface area contributed by atoms with Crippen molar-refractivity contribution in [2.24, 2.45) is 5.92 Å². The molecule has 3 N–H and O–H groups in total. The summed E-state index contributed by atoms with van der Waals surface area (Å²) in [5.41, 5.74) is 1.68. The zero-order valence-corrected chi connectivity index (χ0v) is 18.0. The largest absolute Gasteiger partial charge is 0.483 e. The summed E-state index contributed by atoms with van der Waals surface area (Å²) >= 11 is 2.03. The third-order valence-electron chi connectivity index (χ3n) is 5.41. The number of carbonyl (C=O) groups is 2. The van der Waals surface area contributed by atoms with E-state index in [-0.39, 0.29) is 30.4 Å². The summed E-state index contributed by atoms with van der Waals surface area (Å²) in [6.07, 6.45) is 8.72. The molecule has 3 atom stereocenters. The number of aryl methyl sites for hydroxylation is 1. The topological polar surface area (TPSA) is 113 Å². The van der Waals surface area contributed by atoms with Gasteiger partial charge in [0, 0.05) is 31.3 Å². The highest BCUT2D eigenvalue weighted by Crippen LogP contribution is 2.28. The molecule has 1 saturated heterocycles. The number of nitrogens with zero attached hydrogens (tertiary/aromatic N) is 2. The van der Waals surface area contributed by atoms with Crippen molar-refractivity contribution >= 4 is 24.1 Å². The molecule has 1 saturated carbocycles. The van der Waals surface area contributed by atoms with E-state index in [0.717, 1.165) is 30.7 Å². The Labute approximate surface area is 176 Å². The number of ether oxygens (including phenoxy) is 1. The van der Waals surface area contributed by atoms with Crippen molar-refractivity contribution in [1.82, 2.24) is 20.6 Å². The fourth-order valence-electron chi connectivity index (χ4n) is 3.84. The van der Waals surface area contributed by atoms with Gasteiger partial charge < -0.3 is 20.5 Å². The van der Waals surface area contributed by atoms with Gasteiger partial charge in [0.1, 0.15) is 0 Å². The normalized spacial score (nSPS) is 24.8. The summed E-state index contributed by atoms with van der Waals surface area (Å²) < 4.78 is 5.70. The number of hydrogen-bond acceptors (Lipinski definition) is 7. The molecule has 29 heavy (non-hydrogen) atoms. The number of aromatic nitrogens is 2. The van der Waals surface area contributed by atoms with Crippen LogP contribution in [-0.2, 0) is 20.9 Å². The molecule has 2 fully saturated rings. The average Bonchev–Trinajstić information content (AvgIpc) is 2.74. The van der Waals surface area contributed by atoms with E-state index >= 15 is 0 Å². The van der Waals surface area contributed by atoms with E-state index in [0.29, 0.717) is 12.6 Å². The van der Waals surface area contributed by atoms with Crippen LogP contribution in [-0.4, -0.2) is 64.3 Å². The highest BCUT2D eigenvalue weighted by molar-refractivity contribution is 7.99. The van der Waals surface area contributed by atoms with Crippen molar-refractivity contribution in [1.29, 1.82) is 0 Å². The third kappa shape index (κ3) is 7.91. The van der Waals surface area contributed by atoms with E-state index in [1.807, 2.05) is 18.7 Å². The van der Waals surface area contributed by atoms with Crippen molar-refractivity contribution in [2.75, 3.05) is 18.6 Å². The summed E-state index contributed by atoms with van der Waals surface area (Å²) in [5, 5.41) is 13.7. The number of nitrogens with one attached hydrogen (secondary N) is 2. The molecule has 8 nitrogen and oxygen atoms in total. The van der Waals surface area contributed by atoms with Crippen LogP contribution in [0.5, 0.6) is 0 Å². The maximum absolute atomic E-state index is 12.6. The first-order valence-corrected chi connectivity index (χ1v) is 11.2. The Kier molecular flexibility index (Phi) is 10.4. The van der Waals surface area contributed by atoms with E-state index in [9.17, 15) is 4.79 Å². The minimum Gasteiger partial charge on any atom is -0.483 e. The molecule has 3 rings (SSSR count). The zero-order chi connectivity index (χ0) is 21.1. The molecular formula is C20H32N4O4S. The van der Waals surface area contributed by atoms with Crippen LogP contribution in [0.15, 0.2) is 12.4 Å². The number of carboxylic acid groups (broad SMARTS) is 1. The third-order valence-corrected chi connectivity index (χ3v) is 6.46. The van der Waals surface area contributed by atoms with E-state index in [2.05, 4.69) is 20.6 Å². The summed E-state index contributed by atoms with van der Waals surface area (Å²) in [7, 11) is 1.78. The van der Waals surface area contributed by atoms with Crippen LogP contribution in [0.1, 0.15) is 43.5 Å². The van der Waals surface area contributed by atoms with Gasteiger partial charge in [-0.05, 0) is 50.5 Å². The molecule has 0 radical (unpaired) electrons. The molecule has 9 heteroatoms. The molecule has 1 aliphatic heterocycles. The number of rotatable bonds is 6. The first kappa shape index (κ1) is 23.6. The first-order chi connectivity index (χ1) is 14.1.